The van der Waals surface area contributed by atoms with Crippen LogP contribution >= 0.6 is 11.3 Å². The first-order valence-corrected chi connectivity index (χ1v) is 24.4. The number of nitrogens with zero attached hydrogens (tertiary/aromatic N) is 2. The van der Waals surface area contributed by atoms with Gasteiger partial charge in [0.1, 0.15) is 0 Å². The molecule has 64 heavy (non-hydrogen) atoms. The molecular weight excluding hydrogens is 792 g/mol. The number of rotatable bonds is 5. The Labute approximate surface area is 395 Å². The smallest absolute Gasteiger partial charge is 0.264 e. The van der Waals surface area contributed by atoms with E-state index in [1.54, 1.807) is 0 Å². The van der Waals surface area contributed by atoms with Crippen molar-refractivity contribution in [3.05, 3.63) is 149 Å². The largest absolute Gasteiger partial charge is 0.311 e. The average molecular weight is 864 g/mol. The highest BCUT2D eigenvalue weighted by molar-refractivity contribution is 7.33. The second-order valence-corrected chi connectivity index (χ2v) is 24.0. The molecule has 0 saturated carbocycles. The topological polar surface area (TPSA) is 6.48 Å². The van der Waals surface area contributed by atoms with E-state index >= 15 is 0 Å². The van der Waals surface area contributed by atoms with Crippen molar-refractivity contribution < 1.29 is 6.85 Å². The maximum atomic E-state index is 9.40. The van der Waals surface area contributed by atoms with Crippen molar-refractivity contribution in [1.82, 2.24) is 0 Å². The molecule has 0 spiro atoms. The monoisotopic (exact) mass is 864 g/mol. The number of hydrogen-bond donors (Lipinski definition) is 0. The minimum atomic E-state index is -0.389. The Bertz CT molecular complexity index is 3260. The lowest BCUT2D eigenvalue weighted by atomic mass is 9.35. The SMILES string of the molecule is [2H]c1c([2H])c([2H])c(-c2cc(C(C)C)ccc2N2c3cc4c(cc3B3c5sc6ccc(C(C)(C)C)cc6c5N(c5cc(C(C)C)cc(C(C)(C)C)c5)c5cccc2c53)C(C)(C)CCC4(C)C)c([2H])c1[2H]. The third-order valence-corrected chi connectivity index (χ3v) is 16.1. The standard InChI is InChI=1S/C60H67BN2S/c1-36(2)39-23-25-49(44(31-39)38-19-16-15-17-20-38)63-51-22-18-21-50-54(51)61(48-34-46-47(35-52(48)63)60(13,14)28-27-59(46,11)12)56-55(45-33-41(57(5,6)7)24-26-53(45)64-56)62(50)43-30-40(37(3)4)29-42(32-43)58(8,9)10/h15-26,29-37H,27-28H2,1-14H3/i15D,16D,17D,19D,20D. The highest BCUT2D eigenvalue weighted by Crippen LogP contribution is 2.53. The second kappa shape index (κ2) is 14.7. The quantitative estimate of drug-likeness (QED) is 0.159. The number of thiophene rings is 1. The van der Waals surface area contributed by atoms with Gasteiger partial charge < -0.3 is 9.80 Å². The molecule has 0 atom stereocenters. The summed E-state index contributed by atoms with van der Waals surface area (Å²) in [6, 6.07) is 31.1. The van der Waals surface area contributed by atoms with Crippen molar-refractivity contribution >= 4 is 78.0 Å². The minimum Gasteiger partial charge on any atom is -0.311 e. The summed E-state index contributed by atoms with van der Waals surface area (Å²) in [5.74, 6) is 0.452. The number of benzene rings is 6. The maximum absolute atomic E-state index is 9.40. The summed E-state index contributed by atoms with van der Waals surface area (Å²) < 4.78 is 47.7. The lowest BCUT2D eigenvalue weighted by Gasteiger charge is -2.47. The molecule has 1 aliphatic carbocycles. The van der Waals surface area contributed by atoms with Crippen molar-refractivity contribution in [2.75, 3.05) is 9.80 Å². The third kappa shape index (κ3) is 6.80. The van der Waals surface area contributed by atoms with Crippen LogP contribution in [0.3, 0.4) is 0 Å². The van der Waals surface area contributed by atoms with Gasteiger partial charge in [0.05, 0.1) is 18.2 Å². The maximum Gasteiger partial charge on any atom is 0.264 e. The minimum absolute atomic E-state index is 0.0525. The van der Waals surface area contributed by atoms with Gasteiger partial charge in [0.25, 0.3) is 6.71 Å². The number of hydrogen-bond acceptors (Lipinski definition) is 3. The molecule has 6 aromatic carbocycles. The predicted octanol–water partition coefficient (Wildman–Crippen LogP) is 15.8. The molecule has 1 aromatic heterocycles. The zero-order valence-corrected chi connectivity index (χ0v) is 41.3. The Morgan fingerprint density at radius 3 is 1.91 bits per heavy atom. The lowest BCUT2D eigenvalue weighted by molar-refractivity contribution is 0.332. The molecule has 4 heteroatoms. The molecule has 3 heterocycles. The molecule has 0 bridgehead atoms. The highest BCUT2D eigenvalue weighted by Gasteiger charge is 2.48. The molecular formula is C60H67BN2S. The molecule has 3 aliphatic rings. The molecule has 2 aliphatic heterocycles. The number of fused-ring (bicyclic) bond motifs is 7. The van der Waals surface area contributed by atoms with Crippen molar-refractivity contribution in [3.8, 4) is 11.1 Å². The van der Waals surface area contributed by atoms with E-state index in [4.69, 9.17) is 4.11 Å². The Morgan fingerprint density at radius 2 is 1.27 bits per heavy atom. The molecule has 0 fully saturated rings. The summed E-state index contributed by atoms with van der Waals surface area (Å²) in [6.45, 7) is 32.2. The van der Waals surface area contributed by atoms with Crippen LogP contribution in [-0.2, 0) is 21.7 Å². The molecule has 0 amide bonds. The van der Waals surface area contributed by atoms with E-state index < -0.39 is 0 Å². The molecule has 0 saturated heterocycles. The number of anilines is 6. The van der Waals surface area contributed by atoms with Crippen LogP contribution in [-0.4, -0.2) is 6.71 Å². The summed E-state index contributed by atoms with van der Waals surface area (Å²) >= 11 is 1.92. The fourth-order valence-corrected chi connectivity index (χ4v) is 12.0. The molecule has 10 rings (SSSR count). The van der Waals surface area contributed by atoms with Gasteiger partial charge in [-0.2, -0.15) is 0 Å². The normalized spacial score (nSPS) is 17.4. The van der Waals surface area contributed by atoms with Gasteiger partial charge in [-0.25, -0.2) is 0 Å². The summed E-state index contributed by atoms with van der Waals surface area (Å²) in [4.78, 5) is 4.96. The van der Waals surface area contributed by atoms with Crippen LogP contribution in [0.5, 0.6) is 0 Å². The predicted molar refractivity (Wildman–Crippen MR) is 282 cm³/mol. The molecule has 2 nitrogen and oxygen atoms in total. The fourth-order valence-electron chi connectivity index (χ4n) is 10.7. The Kier molecular flexibility index (Phi) is 8.56. The summed E-state index contributed by atoms with van der Waals surface area (Å²) in [5.41, 5.74) is 17.1. The molecule has 7 aromatic rings. The first-order chi connectivity index (χ1) is 32.2. The third-order valence-electron chi connectivity index (χ3n) is 14.9. The van der Waals surface area contributed by atoms with Gasteiger partial charge in [0, 0.05) is 43.2 Å². The van der Waals surface area contributed by atoms with Crippen LogP contribution in [0.15, 0.2) is 115 Å². The van der Waals surface area contributed by atoms with E-state index in [2.05, 4.69) is 192 Å². The summed E-state index contributed by atoms with van der Waals surface area (Å²) in [5, 5.41) is 1.27. The first kappa shape index (κ1) is 37.2. The zero-order valence-electron chi connectivity index (χ0n) is 45.5. The van der Waals surface area contributed by atoms with Gasteiger partial charge in [0.2, 0.25) is 0 Å². The van der Waals surface area contributed by atoms with E-state index in [1.165, 1.54) is 59.3 Å². The van der Waals surface area contributed by atoms with E-state index in [1.807, 2.05) is 11.3 Å². The van der Waals surface area contributed by atoms with Crippen molar-refractivity contribution in [2.24, 2.45) is 0 Å². The van der Waals surface area contributed by atoms with Crippen LogP contribution in [0, 0.1) is 0 Å². The summed E-state index contributed by atoms with van der Waals surface area (Å²) in [7, 11) is 0. The van der Waals surface area contributed by atoms with Gasteiger partial charge in [-0.3, -0.25) is 0 Å². The van der Waals surface area contributed by atoms with E-state index in [0.717, 1.165) is 46.8 Å². The lowest BCUT2D eigenvalue weighted by Crippen LogP contribution is -2.61. The van der Waals surface area contributed by atoms with Crippen LogP contribution in [0.2, 0.25) is 0 Å². The Hall–Kier alpha value is -5.06. The van der Waals surface area contributed by atoms with Crippen molar-refractivity contribution in [2.45, 2.75) is 143 Å². The van der Waals surface area contributed by atoms with Crippen LogP contribution < -0.4 is 25.5 Å². The van der Waals surface area contributed by atoms with E-state index in [0.29, 0.717) is 11.5 Å². The van der Waals surface area contributed by atoms with Crippen molar-refractivity contribution in [3.63, 3.8) is 0 Å². The van der Waals surface area contributed by atoms with E-state index in [9.17, 15) is 2.74 Å². The van der Waals surface area contributed by atoms with Crippen LogP contribution in [0.25, 0.3) is 21.2 Å². The van der Waals surface area contributed by atoms with Gasteiger partial charge in [0.15, 0.2) is 0 Å². The van der Waals surface area contributed by atoms with Gasteiger partial charge in [-0.1, -0.05) is 157 Å². The highest BCUT2D eigenvalue weighted by atomic mass is 32.1. The molecule has 326 valence electrons. The van der Waals surface area contributed by atoms with Gasteiger partial charge >= 0.3 is 0 Å². The van der Waals surface area contributed by atoms with Crippen LogP contribution in [0.4, 0.5) is 34.1 Å². The van der Waals surface area contributed by atoms with E-state index in [-0.39, 0.29) is 70.1 Å². The van der Waals surface area contributed by atoms with Crippen LogP contribution in [0.1, 0.15) is 162 Å². The molecule has 0 N–H and O–H groups in total. The zero-order chi connectivity index (χ0) is 49.8. The molecule has 0 unspecified atom stereocenters. The second-order valence-electron chi connectivity index (χ2n) is 23.0. The Morgan fingerprint density at radius 1 is 0.625 bits per heavy atom. The Balaban J connectivity index is 1.38. The summed E-state index contributed by atoms with van der Waals surface area (Å²) in [6.07, 6.45) is 2.14. The molecule has 0 radical (unpaired) electrons. The van der Waals surface area contributed by atoms with Gasteiger partial charge in [-0.05, 0) is 151 Å². The fraction of sp³-hybridized carbons (Fsp3) is 0.367. The first-order valence-electron chi connectivity index (χ1n) is 26.1. The van der Waals surface area contributed by atoms with Gasteiger partial charge in [-0.15, -0.1) is 11.3 Å². The van der Waals surface area contributed by atoms with Crippen molar-refractivity contribution in [1.29, 1.82) is 0 Å². The average Bonchev–Trinajstić information content (AvgIpc) is 3.66.